The van der Waals surface area contributed by atoms with E-state index in [4.69, 9.17) is 16.9 Å². The number of hydrogen-bond donors (Lipinski definition) is 2. The van der Waals surface area contributed by atoms with Crippen LogP contribution in [0.1, 0.15) is 24.8 Å². The first-order chi connectivity index (χ1) is 9.60. The third kappa shape index (κ3) is 2.12. The van der Waals surface area contributed by atoms with E-state index in [0.717, 1.165) is 19.3 Å². The maximum absolute atomic E-state index is 11.5. The number of benzene rings is 1. The molecule has 1 aromatic carbocycles. The molecule has 104 valence electrons. The first kappa shape index (κ1) is 13.3. The predicted molar refractivity (Wildman–Crippen MR) is 75.5 cm³/mol. The molecule has 0 saturated heterocycles. The largest absolute Gasteiger partial charge is 0.481 e. The topological polar surface area (TPSA) is 73.1 Å². The van der Waals surface area contributed by atoms with Gasteiger partial charge in [-0.05, 0) is 49.3 Å². The number of nitrogens with zero attached hydrogens (tertiary/aromatic N) is 1. The van der Waals surface area contributed by atoms with E-state index in [1.807, 2.05) is 0 Å². The summed E-state index contributed by atoms with van der Waals surface area (Å²) in [5, 5.41) is 22.4. The van der Waals surface area contributed by atoms with E-state index in [-0.39, 0.29) is 17.9 Å². The van der Waals surface area contributed by atoms with Gasteiger partial charge in [0.25, 0.3) is 0 Å². The molecule has 2 fully saturated rings. The molecule has 1 aromatic rings. The number of hydrogen-bond acceptors (Lipinski definition) is 3. The molecule has 4 nitrogen and oxygen atoms in total. The zero-order valence-corrected chi connectivity index (χ0v) is 11.6. The Morgan fingerprint density at radius 3 is 2.85 bits per heavy atom. The van der Waals surface area contributed by atoms with E-state index in [1.165, 1.54) is 0 Å². The number of nitrogens with one attached hydrogen (secondary N) is 1. The van der Waals surface area contributed by atoms with Crippen LogP contribution >= 0.6 is 11.6 Å². The number of carbonyl (C=O) groups is 1. The zero-order chi connectivity index (χ0) is 14.3. The monoisotopic (exact) mass is 290 g/mol. The maximum Gasteiger partial charge on any atom is 0.308 e. The summed E-state index contributed by atoms with van der Waals surface area (Å²) >= 11 is 5.88. The van der Waals surface area contributed by atoms with Crippen molar-refractivity contribution in [1.29, 1.82) is 5.26 Å². The molecule has 4 unspecified atom stereocenters. The van der Waals surface area contributed by atoms with Crippen molar-refractivity contribution >= 4 is 23.3 Å². The van der Waals surface area contributed by atoms with Crippen LogP contribution < -0.4 is 5.32 Å². The summed E-state index contributed by atoms with van der Waals surface area (Å²) < 4.78 is 0. The Bertz CT molecular complexity index is 596. The predicted octanol–water partition coefficient (Wildman–Crippen LogP) is 3.12. The number of rotatable bonds is 3. The van der Waals surface area contributed by atoms with Crippen molar-refractivity contribution in [1.82, 2.24) is 0 Å². The van der Waals surface area contributed by atoms with Gasteiger partial charge in [0, 0.05) is 11.1 Å². The lowest BCUT2D eigenvalue weighted by Crippen LogP contribution is -2.39. The molecule has 2 bridgehead atoms. The Hall–Kier alpha value is -1.73. The van der Waals surface area contributed by atoms with Crippen LogP contribution in [0.4, 0.5) is 5.69 Å². The Morgan fingerprint density at radius 2 is 2.15 bits per heavy atom. The summed E-state index contributed by atoms with van der Waals surface area (Å²) in [5.74, 6) is -0.422. The second-order valence-electron chi connectivity index (χ2n) is 5.67. The van der Waals surface area contributed by atoms with Gasteiger partial charge in [-0.15, -0.1) is 0 Å². The third-order valence-electron chi connectivity index (χ3n) is 4.63. The molecule has 3 rings (SSSR count). The highest BCUT2D eigenvalue weighted by molar-refractivity contribution is 6.30. The van der Waals surface area contributed by atoms with E-state index in [1.54, 1.807) is 18.2 Å². The Kier molecular flexibility index (Phi) is 3.31. The second-order valence-corrected chi connectivity index (χ2v) is 6.11. The van der Waals surface area contributed by atoms with Crippen molar-refractivity contribution < 1.29 is 9.90 Å². The summed E-state index contributed by atoms with van der Waals surface area (Å²) in [6.07, 6.45) is 3.05. The molecule has 0 aromatic heterocycles. The van der Waals surface area contributed by atoms with Gasteiger partial charge in [0.05, 0.1) is 17.2 Å². The van der Waals surface area contributed by atoms with Crippen LogP contribution in [0.3, 0.4) is 0 Å². The molecule has 20 heavy (non-hydrogen) atoms. The molecule has 0 radical (unpaired) electrons. The minimum atomic E-state index is -0.734. The molecule has 0 aliphatic heterocycles. The molecule has 4 atom stereocenters. The molecule has 2 aliphatic carbocycles. The fraction of sp³-hybridized carbons (Fsp3) is 0.467. The van der Waals surface area contributed by atoms with Gasteiger partial charge in [-0.3, -0.25) is 4.79 Å². The van der Waals surface area contributed by atoms with Gasteiger partial charge >= 0.3 is 5.97 Å². The lowest BCUT2D eigenvalue weighted by Gasteiger charge is -2.30. The van der Waals surface area contributed by atoms with Crippen molar-refractivity contribution in [3.05, 3.63) is 28.8 Å². The van der Waals surface area contributed by atoms with Gasteiger partial charge in [0.2, 0.25) is 0 Å². The van der Waals surface area contributed by atoms with Gasteiger partial charge in [-0.1, -0.05) is 11.6 Å². The maximum atomic E-state index is 11.5. The Morgan fingerprint density at radius 1 is 1.40 bits per heavy atom. The van der Waals surface area contributed by atoms with Gasteiger partial charge < -0.3 is 10.4 Å². The number of aliphatic carboxylic acids is 1. The van der Waals surface area contributed by atoms with E-state index >= 15 is 0 Å². The van der Waals surface area contributed by atoms with Gasteiger partial charge in [-0.25, -0.2) is 0 Å². The highest BCUT2D eigenvalue weighted by Crippen LogP contribution is 2.49. The number of carboxylic acid groups (broad SMARTS) is 1. The lowest BCUT2D eigenvalue weighted by atomic mass is 9.84. The fourth-order valence-corrected chi connectivity index (χ4v) is 3.94. The number of halogens is 1. The highest BCUT2D eigenvalue weighted by atomic mass is 35.5. The minimum Gasteiger partial charge on any atom is -0.481 e. The molecular formula is C15H15ClN2O2. The minimum absolute atomic E-state index is 0.0838. The van der Waals surface area contributed by atoms with Gasteiger partial charge in [-0.2, -0.15) is 5.26 Å². The molecule has 0 spiro atoms. The van der Waals surface area contributed by atoms with Crippen LogP contribution in [0.15, 0.2) is 18.2 Å². The number of nitriles is 1. The van der Waals surface area contributed by atoms with Crippen LogP contribution in [-0.2, 0) is 4.79 Å². The Labute approximate surface area is 122 Å². The van der Waals surface area contributed by atoms with E-state index in [2.05, 4.69) is 11.4 Å². The standard InChI is InChI=1S/C15H15ClN2O2/c16-11-3-4-12(10(6-11)7-17)18-14-9-2-1-8(5-9)13(14)15(19)20/h3-4,6,8-9,13-14,18H,1-2,5H2,(H,19,20). The van der Waals surface area contributed by atoms with Gasteiger partial charge in [0.15, 0.2) is 0 Å². The smallest absolute Gasteiger partial charge is 0.308 e. The van der Waals surface area contributed by atoms with Crippen LogP contribution in [0.25, 0.3) is 0 Å². The van der Waals surface area contributed by atoms with E-state index < -0.39 is 5.97 Å². The summed E-state index contributed by atoms with van der Waals surface area (Å²) in [6.45, 7) is 0. The molecule has 2 N–H and O–H groups in total. The number of anilines is 1. The van der Waals surface area contributed by atoms with Gasteiger partial charge in [0.1, 0.15) is 6.07 Å². The Balaban J connectivity index is 1.87. The SMILES string of the molecule is N#Cc1cc(Cl)ccc1NC1C2CCC(C2)C1C(=O)O. The van der Waals surface area contributed by atoms with Crippen molar-refractivity contribution in [3.63, 3.8) is 0 Å². The van der Waals surface area contributed by atoms with Crippen molar-refractivity contribution in [2.24, 2.45) is 17.8 Å². The fourth-order valence-electron chi connectivity index (χ4n) is 3.77. The van der Waals surface area contributed by atoms with Crippen molar-refractivity contribution in [2.75, 3.05) is 5.32 Å². The summed E-state index contributed by atoms with van der Waals surface area (Å²) in [7, 11) is 0. The average molecular weight is 291 g/mol. The second kappa shape index (κ2) is 4.99. The molecule has 2 saturated carbocycles. The average Bonchev–Trinajstić information content (AvgIpc) is 3.01. The van der Waals surface area contributed by atoms with E-state index in [9.17, 15) is 9.90 Å². The molecule has 2 aliphatic rings. The van der Waals surface area contributed by atoms with E-state index in [0.29, 0.717) is 22.2 Å². The van der Waals surface area contributed by atoms with Crippen LogP contribution in [0.5, 0.6) is 0 Å². The number of carboxylic acids is 1. The third-order valence-corrected chi connectivity index (χ3v) is 4.86. The van der Waals surface area contributed by atoms with Crippen molar-refractivity contribution in [3.8, 4) is 6.07 Å². The summed E-state index contributed by atoms with van der Waals surface area (Å²) in [6, 6.07) is 7.10. The molecule has 0 heterocycles. The number of fused-ring (bicyclic) bond motifs is 2. The first-order valence-corrected chi connectivity index (χ1v) is 7.17. The molecule has 5 heteroatoms. The summed E-state index contributed by atoms with van der Waals surface area (Å²) in [5.41, 5.74) is 1.14. The first-order valence-electron chi connectivity index (χ1n) is 6.79. The quantitative estimate of drug-likeness (QED) is 0.897. The molecular weight excluding hydrogens is 276 g/mol. The van der Waals surface area contributed by atoms with Crippen molar-refractivity contribution in [2.45, 2.75) is 25.3 Å². The van der Waals surface area contributed by atoms with Crippen LogP contribution in [-0.4, -0.2) is 17.1 Å². The van der Waals surface area contributed by atoms with Crippen LogP contribution in [0, 0.1) is 29.1 Å². The normalized spacial score (nSPS) is 31.0. The lowest BCUT2D eigenvalue weighted by molar-refractivity contribution is -0.143. The highest BCUT2D eigenvalue weighted by Gasteiger charge is 2.51. The molecule has 0 amide bonds. The van der Waals surface area contributed by atoms with Crippen LogP contribution in [0.2, 0.25) is 5.02 Å². The zero-order valence-electron chi connectivity index (χ0n) is 10.8. The summed E-state index contributed by atoms with van der Waals surface area (Å²) in [4.78, 5) is 11.5.